The van der Waals surface area contributed by atoms with Gasteiger partial charge in [0.1, 0.15) is 12.4 Å². The van der Waals surface area contributed by atoms with E-state index in [1.807, 2.05) is 24.3 Å². The number of rotatable bonds is 7. The number of methoxy groups -OCH3 is 2. The van der Waals surface area contributed by atoms with Gasteiger partial charge < -0.3 is 19.9 Å². The van der Waals surface area contributed by atoms with Crippen LogP contribution in [0.5, 0.6) is 5.75 Å². The minimum Gasteiger partial charge on any atom is -0.491 e. The highest BCUT2D eigenvalue weighted by molar-refractivity contribution is 5.37. The van der Waals surface area contributed by atoms with Crippen LogP contribution in [-0.4, -0.2) is 33.0 Å². The Morgan fingerprint density at radius 1 is 1.10 bits per heavy atom. The molecule has 2 rings (SSSR count). The van der Waals surface area contributed by atoms with Crippen molar-refractivity contribution in [1.29, 1.82) is 0 Å². The Balaban J connectivity index is 2.18. The van der Waals surface area contributed by atoms with Gasteiger partial charge in [-0.1, -0.05) is 37.5 Å². The molecule has 0 amide bonds. The van der Waals surface area contributed by atoms with Crippen molar-refractivity contribution in [2.75, 3.05) is 27.4 Å². The van der Waals surface area contributed by atoms with Crippen LogP contribution in [0.15, 0.2) is 24.3 Å². The lowest BCUT2D eigenvalue weighted by Gasteiger charge is -2.41. The van der Waals surface area contributed by atoms with E-state index in [1.165, 1.54) is 19.3 Å². The van der Waals surface area contributed by atoms with E-state index < -0.39 is 0 Å². The summed E-state index contributed by atoms with van der Waals surface area (Å²) in [5.74, 6) is 0.837. The SMILES string of the molecule is COCCOc1ccccc1C(N)C1(OC)CCCCC1. The predicted octanol–water partition coefficient (Wildman–Crippen LogP) is 3.06. The van der Waals surface area contributed by atoms with Crippen molar-refractivity contribution in [3.8, 4) is 5.75 Å². The second kappa shape index (κ2) is 7.78. The van der Waals surface area contributed by atoms with Gasteiger partial charge in [-0.05, 0) is 18.9 Å². The standard InChI is InChI=1S/C17H27NO3/c1-19-12-13-21-15-9-5-4-8-14(15)16(18)17(20-2)10-6-3-7-11-17/h4-5,8-9,16H,3,6-7,10-13,18H2,1-2H3. The Kier molecular flexibility index (Phi) is 6.03. The van der Waals surface area contributed by atoms with E-state index in [2.05, 4.69) is 0 Å². The van der Waals surface area contributed by atoms with E-state index in [0.29, 0.717) is 13.2 Å². The van der Waals surface area contributed by atoms with Crippen LogP contribution >= 0.6 is 0 Å². The van der Waals surface area contributed by atoms with Gasteiger partial charge in [-0.15, -0.1) is 0 Å². The van der Waals surface area contributed by atoms with Crippen molar-refractivity contribution in [2.24, 2.45) is 5.73 Å². The van der Waals surface area contributed by atoms with Gasteiger partial charge in [-0.3, -0.25) is 0 Å². The second-order valence-corrected chi connectivity index (χ2v) is 5.69. The molecule has 0 saturated heterocycles. The maximum Gasteiger partial charge on any atom is 0.124 e. The molecule has 4 heteroatoms. The van der Waals surface area contributed by atoms with E-state index in [9.17, 15) is 0 Å². The van der Waals surface area contributed by atoms with E-state index in [4.69, 9.17) is 19.9 Å². The van der Waals surface area contributed by atoms with Crippen LogP contribution < -0.4 is 10.5 Å². The fourth-order valence-electron chi connectivity index (χ4n) is 3.18. The Morgan fingerprint density at radius 3 is 2.48 bits per heavy atom. The molecular weight excluding hydrogens is 266 g/mol. The summed E-state index contributed by atoms with van der Waals surface area (Å²) in [7, 11) is 3.45. The molecule has 0 bridgehead atoms. The molecule has 0 heterocycles. The molecule has 1 aromatic rings. The first kappa shape index (κ1) is 16.3. The highest BCUT2D eigenvalue weighted by atomic mass is 16.5. The molecule has 2 N–H and O–H groups in total. The number of nitrogens with two attached hydrogens (primary N) is 1. The largest absolute Gasteiger partial charge is 0.491 e. The van der Waals surface area contributed by atoms with Crippen LogP contribution in [-0.2, 0) is 9.47 Å². The zero-order chi connectivity index (χ0) is 15.1. The molecular formula is C17H27NO3. The number of hydrogen-bond donors (Lipinski definition) is 1. The fourth-order valence-corrected chi connectivity index (χ4v) is 3.18. The topological polar surface area (TPSA) is 53.7 Å². The third-order valence-corrected chi connectivity index (χ3v) is 4.47. The first-order chi connectivity index (χ1) is 10.2. The summed E-state index contributed by atoms with van der Waals surface area (Å²) in [5.41, 5.74) is 7.34. The molecule has 0 aromatic heterocycles. The average Bonchev–Trinajstić information content (AvgIpc) is 2.55. The van der Waals surface area contributed by atoms with E-state index in [0.717, 1.165) is 24.2 Å². The highest BCUT2D eigenvalue weighted by Crippen LogP contribution is 2.42. The van der Waals surface area contributed by atoms with Crippen molar-refractivity contribution in [2.45, 2.75) is 43.7 Å². The van der Waals surface area contributed by atoms with Crippen LogP contribution in [0.3, 0.4) is 0 Å². The molecule has 1 saturated carbocycles. The Hall–Kier alpha value is -1.10. The van der Waals surface area contributed by atoms with Gasteiger partial charge in [0.15, 0.2) is 0 Å². The fraction of sp³-hybridized carbons (Fsp3) is 0.647. The molecule has 1 aromatic carbocycles. The highest BCUT2D eigenvalue weighted by Gasteiger charge is 2.39. The van der Waals surface area contributed by atoms with Crippen LogP contribution in [0.2, 0.25) is 0 Å². The van der Waals surface area contributed by atoms with Crippen LogP contribution in [0.4, 0.5) is 0 Å². The van der Waals surface area contributed by atoms with Crippen molar-refractivity contribution in [1.82, 2.24) is 0 Å². The van der Waals surface area contributed by atoms with Gasteiger partial charge in [0.25, 0.3) is 0 Å². The molecule has 1 atom stereocenters. The van der Waals surface area contributed by atoms with Gasteiger partial charge in [0.2, 0.25) is 0 Å². The molecule has 1 unspecified atom stereocenters. The molecule has 118 valence electrons. The summed E-state index contributed by atoms with van der Waals surface area (Å²) in [6.45, 7) is 1.10. The molecule has 0 radical (unpaired) electrons. The van der Waals surface area contributed by atoms with Gasteiger partial charge >= 0.3 is 0 Å². The molecule has 4 nitrogen and oxygen atoms in total. The summed E-state index contributed by atoms with van der Waals surface area (Å²) in [6, 6.07) is 7.82. The first-order valence-electron chi connectivity index (χ1n) is 7.75. The van der Waals surface area contributed by atoms with Crippen molar-refractivity contribution in [3.05, 3.63) is 29.8 Å². The number of hydrogen-bond acceptors (Lipinski definition) is 4. The zero-order valence-electron chi connectivity index (χ0n) is 13.1. The summed E-state index contributed by atoms with van der Waals surface area (Å²) in [4.78, 5) is 0. The minimum atomic E-state index is -0.265. The maximum atomic E-state index is 6.58. The number of benzene rings is 1. The van der Waals surface area contributed by atoms with Crippen molar-refractivity contribution in [3.63, 3.8) is 0 Å². The van der Waals surface area contributed by atoms with Gasteiger partial charge in [0.05, 0.1) is 18.2 Å². The molecule has 0 spiro atoms. The zero-order valence-corrected chi connectivity index (χ0v) is 13.1. The lowest BCUT2D eigenvalue weighted by molar-refractivity contribution is -0.0600. The third-order valence-electron chi connectivity index (χ3n) is 4.47. The van der Waals surface area contributed by atoms with Gasteiger partial charge in [-0.2, -0.15) is 0 Å². The lowest BCUT2D eigenvalue weighted by Crippen LogP contribution is -2.44. The Morgan fingerprint density at radius 2 is 1.81 bits per heavy atom. The normalized spacial score (nSPS) is 19.2. The molecule has 1 fully saturated rings. The lowest BCUT2D eigenvalue weighted by atomic mass is 9.77. The number of para-hydroxylation sites is 1. The van der Waals surface area contributed by atoms with Gasteiger partial charge in [0, 0.05) is 19.8 Å². The molecule has 1 aliphatic rings. The molecule has 0 aliphatic heterocycles. The summed E-state index contributed by atoms with van der Waals surface area (Å²) >= 11 is 0. The maximum absolute atomic E-state index is 6.58. The minimum absolute atomic E-state index is 0.165. The van der Waals surface area contributed by atoms with Crippen LogP contribution in [0.1, 0.15) is 43.7 Å². The smallest absolute Gasteiger partial charge is 0.124 e. The van der Waals surface area contributed by atoms with Gasteiger partial charge in [-0.25, -0.2) is 0 Å². The van der Waals surface area contributed by atoms with Crippen LogP contribution in [0.25, 0.3) is 0 Å². The summed E-state index contributed by atoms with van der Waals surface area (Å²) in [6.07, 6.45) is 5.64. The first-order valence-corrected chi connectivity index (χ1v) is 7.75. The van der Waals surface area contributed by atoms with Crippen molar-refractivity contribution >= 4 is 0 Å². The van der Waals surface area contributed by atoms with E-state index in [-0.39, 0.29) is 11.6 Å². The quantitative estimate of drug-likeness (QED) is 0.785. The van der Waals surface area contributed by atoms with E-state index in [1.54, 1.807) is 14.2 Å². The summed E-state index contributed by atoms with van der Waals surface area (Å²) in [5, 5.41) is 0. The third kappa shape index (κ3) is 3.76. The second-order valence-electron chi connectivity index (χ2n) is 5.69. The van der Waals surface area contributed by atoms with Crippen molar-refractivity contribution < 1.29 is 14.2 Å². The monoisotopic (exact) mass is 293 g/mol. The van der Waals surface area contributed by atoms with Crippen LogP contribution in [0, 0.1) is 0 Å². The molecule has 21 heavy (non-hydrogen) atoms. The van der Waals surface area contributed by atoms with E-state index >= 15 is 0 Å². The Labute approximate surface area is 127 Å². The summed E-state index contributed by atoms with van der Waals surface area (Å²) < 4.78 is 16.7. The number of ether oxygens (including phenoxy) is 3. The predicted molar refractivity (Wildman–Crippen MR) is 83.6 cm³/mol. The Bertz CT molecular complexity index is 430. The molecule has 1 aliphatic carbocycles. The average molecular weight is 293 g/mol.